The van der Waals surface area contributed by atoms with Gasteiger partial charge in [0.05, 0.1) is 0 Å². The van der Waals surface area contributed by atoms with E-state index in [4.69, 9.17) is 0 Å². The second-order valence-corrected chi connectivity index (χ2v) is 5.60. The molecule has 1 aromatic heterocycles. The molecule has 98 valence electrons. The van der Waals surface area contributed by atoms with Crippen LogP contribution in [0.1, 0.15) is 49.3 Å². The van der Waals surface area contributed by atoms with Gasteiger partial charge in [-0.1, -0.05) is 6.42 Å². The lowest BCUT2D eigenvalue weighted by Crippen LogP contribution is -2.27. The molecule has 3 heteroatoms. The van der Waals surface area contributed by atoms with Crippen molar-refractivity contribution in [3.05, 3.63) is 23.4 Å². The number of hydrogen-bond acceptors (Lipinski definition) is 3. The van der Waals surface area contributed by atoms with Crippen molar-refractivity contribution < 1.29 is 0 Å². The van der Waals surface area contributed by atoms with Crippen LogP contribution in [0.25, 0.3) is 0 Å². The SMILES string of the molecule is Cc1cc(N2CCCC2)ncc1C1CCCCN1. The Labute approximate surface area is 110 Å². The highest BCUT2D eigenvalue weighted by Crippen LogP contribution is 2.27. The van der Waals surface area contributed by atoms with Crippen molar-refractivity contribution in [2.45, 2.75) is 45.1 Å². The Balaban J connectivity index is 1.79. The van der Waals surface area contributed by atoms with E-state index in [1.54, 1.807) is 0 Å². The van der Waals surface area contributed by atoms with Crippen LogP contribution in [0.5, 0.6) is 0 Å². The van der Waals surface area contributed by atoms with Crippen LogP contribution in [0.4, 0.5) is 5.82 Å². The van der Waals surface area contributed by atoms with Gasteiger partial charge in [0.25, 0.3) is 0 Å². The van der Waals surface area contributed by atoms with E-state index in [1.807, 2.05) is 0 Å². The van der Waals surface area contributed by atoms with Crippen LogP contribution in [0, 0.1) is 6.92 Å². The van der Waals surface area contributed by atoms with Crippen LogP contribution in [0.2, 0.25) is 0 Å². The molecular weight excluding hydrogens is 222 g/mol. The highest BCUT2D eigenvalue weighted by Gasteiger charge is 2.19. The number of aryl methyl sites for hydroxylation is 1. The number of anilines is 1. The lowest BCUT2D eigenvalue weighted by Gasteiger charge is -2.26. The fraction of sp³-hybridized carbons (Fsp3) is 0.667. The molecule has 2 aliphatic heterocycles. The fourth-order valence-electron chi connectivity index (χ4n) is 3.15. The number of pyridine rings is 1. The molecule has 3 rings (SSSR count). The molecule has 0 aliphatic carbocycles. The van der Waals surface area contributed by atoms with Crippen molar-refractivity contribution >= 4 is 5.82 Å². The molecule has 3 heterocycles. The minimum atomic E-state index is 0.527. The van der Waals surface area contributed by atoms with Crippen molar-refractivity contribution in [1.29, 1.82) is 0 Å². The average Bonchev–Trinajstić information content (AvgIpc) is 2.93. The van der Waals surface area contributed by atoms with Crippen LogP contribution >= 0.6 is 0 Å². The van der Waals surface area contributed by atoms with Gasteiger partial charge in [-0.3, -0.25) is 0 Å². The van der Waals surface area contributed by atoms with Crippen LogP contribution in [0.15, 0.2) is 12.3 Å². The Kier molecular flexibility index (Phi) is 3.50. The third kappa shape index (κ3) is 2.37. The number of rotatable bonds is 2. The molecule has 1 aromatic rings. The highest BCUT2D eigenvalue weighted by molar-refractivity contribution is 5.44. The first-order valence-electron chi connectivity index (χ1n) is 7.29. The summed E-state index contributed by atoms with van der Waals surface area (Å²) in [5, 5.41) is 3.61. The number of hydrogen-bond donors (Lipinski definition) is 1. The summed E-state index contributed by atoms with van der Waals surface area (Å²) in [4.78, 5) is 7.09. The summed E-state index contributed by atoms with van der Waals surface area (Å²) >= 11 is 0. The first-order valence-corrected chi connectivity index (χ1v) is 7.29. The highest BCUT2D eigenvalue weighted by atomic mass is 15.2. The van der Waals surface area contributed by atoms with E-state index in [9.17, 15) is 0 Å². The van der Waals surface area contributed by atoms with Gasteiger partial charge >= 0.3 is 0 Å². The quantitative estimate of drug-likeness (QED) is 0.868. The van der Waals surface area contributed by atoms with Crippen LogP contribution < -0.4 is 10.2 Å². The minimum Gasteiger partial charge on any atom is -0.357 e. The summed E-state index contributed by atoms with van der Waals surface area (Å²) in [5.74, 6) is 1.17. The van der Waals surface area contributed by atoms with E-state index in [-0.39, 0.29) is 0 Å². The van der Waals surface area contributed by atoms with Crippen molar-refractivity contribution in [3.8, 4) is 0 Å². The standard InChI is InChI=1S/C15H23N3/c1-12-10-15(18-8-4-5-9-18)17-11-13(12)14-6-2-3-7-16-14/h10-11,14,16H,2-9H2,1H3. The third-order valence-corrected chi connectivity index (χ3v) is 4.25. The summed E-state index contributed by atoms with van der Waals surface area (Å²) in [7, 11) is 0. The molecule has 0 aromatic carbocycles. The van der Waals surface area contributed by atoms with Crippen molar-refractivity contribution in [2.24, 2.45) is 0 Å². The Morgan fingerprint density at radius 3 is 2.72 bits per heavy atom. The van der Waals surface area contributed by atoms with Gasteiger partial charge in [-0.15, -0.1) is 0 Å². The predicted octanol–water partition coefficient (Wildman–Crippen LogP) is 2.80. The van der Waals surface area contributed by atoms with Gasteiger partial charge in [0, 0.05) is 25.3 Å². The van der Waals surface area contributed by atoms with Gasteiger partial charge in [0.2, 0.25) is 0 Å². The maximum absolute atomic E-state index is 4.68. The van der Waals surface area contributed by atoms with Crippen molar-refractivity contribution in [3.63, 3.8) is 0 Å². The Morgan fingerprint density at radius 1 is 1.22 bits per heavy atom. The number of nitrogens with zero attached hydrogens (tertiary/aromatic N) is 2. The molecular formula is C15H23N3. The average molecular weight is 245 g/mol. The largest absolute Gasteiger partial charge is 0.357 e. The van der Waals surface area contributed by atoms with E-state index >= 15 is 0 Å². The second-order valence-electron chi connectivity index (χ2n) is 5.60. The Bertz CT molecular complexity index is 404. The first-order chi connectivity index (χ1) is 8.84. The minimum absolute atomic E-state index is 0.527. The van der Waals surface area contributed by atoms with Gasteiger partial charge in [-0.25, -0.2) is 4.98 Å². The van der Waals surface area contributed by atoms with E-state index in [1.165, 1.54) is 62.1 Å². The maximum atomic E-state index is 4.68. The van der Waals surface area contributed by atoms with E-state index in [0.717, 1.165) is 6.54 Å². The number of nitrogens with one attached hydrogen (secondary N) is 1. The lowest BCUT2D eigenvalue weighted by molar-refractivity contribution is 0.410. The summed E-state index contributed by atoms with van der Waals surface area (Å²) in [6.07, 6.45) is 8.64. The molecule has 0 spiro atoms. The number of aromatic nitrogens is 1. The predicted molar refractivity (Wildman–Crippen MR) is 75.0 cm³/mol. The van der Waals surface area contributed by atoms with Crippen LogP contribution in [-0.4, -0.2) is 24.6 Å². The molecule has 0 bridgehead atoms. The first kappa shape index (κ1) is 12.0. The molecule has 2 saturated heterocycles. The molecule has 1 unspecified atom stereocenters. The van der Waals surface area contributed by atoms with Gasteiger partial charge < -0.3 is 10.2 Å². The van der Waals surface area contributed by atoms with Gasteiger partial charge in [0.15, 0.2) is 0 Å². The lowest BCUT2D eigenvalue weighted by atomic mass is 9.96. The van der Waals surface area contributed by atoms with Crippen molar-refractivity contribution in [2.75, 3.05) is 24.5 Å². The maximum Gasteiger partial charge on any atom is 0.128 e. The second kappa shape index (κ2) is 5.27. The van der Waals surface area contributed by atoms with Crippen LogP contribution in [0.3, 0.4) is 0 Å². The summed E-state index contributed by atoms with van der Waals surface area (Å²) in [5.41, 5.74) is 2.80. The van der Waals surface area contributed by atoms with Gasteiger partial charge in [-0.2, -0.15) is 0 Å². The zero-order chi connectivity index (χ0) is 12.4. The van der Waals surface area contributed by atoms with E-state index in [2.05, 4.69) is 34.4 Å². The normalized spacial score (nSPS) is 24.5. The molecule has 3 nitrogen and oxygen atoms in total. The fourth-order valence-corrected chi connectivity index (χ4v) is 3.15. The third-order valence-electron chi connectivity index (χ3n) is 4.25. The van der Waals surface area contributed by atoms with Crippen LogP contribution in [-0.2, 0) is 0 Å². The smallest absolute Gasteiger partial charge is 0.128 e. The summed E-state index contributed by atoms with van der Waals surface area (Å²) in [6.45, 7) is 5.73. The van der Waals surface area contributed by atoms with E-state index < -0.39 is 0 Å². The molecule has 1 atom stereocenters. The molecule has 0 amide bonds. The Morgan fingerprint density at radius 2 is 2.06 bits per heavy atom. The number of piperidine rings is 1. The van der Waals surface area contributed by atoms with Gasteiger partial charge in [0.1, 0.15) is 5.82 Å². The molecule has 2 aliphatic rings. The zero-order valence-corrected chi connectivity index (χ0v) is 11.3. The van der Waals surface area contributed by atoms with Gasteiger partial charge in [-0.05, 0) is 56.3 Å². The molecule has 2 fully saturated rings. The summed E-state index contributed by atoms with van der Waals surface area (Å²) < 4.78 is 0. The van der Waals surface area contributed by atoms with Crippen molar-refractivity contribution in [1.82, 2.24) is 10.3 Å². The molecule has 18 heavy (non-hydrogen) atoms. The topological polar surface area (TPSA) is 28.2 Å². The molecule has 1 N–H and O–H groups in total. The van der Waals surface area contributed by atoms with E-state index in [0.29, 0.717) is 6.04 Å². The molecule has 0 saturated carbocycles. The Hall–Kier alpha value is -1.09. The zero-order valence-electron chi connectivity index (χ0n) is 11.3. The molecule has 0 radical (unpaired) electrons. The summed E-state index contributed by atoms with van der Waals surface area (Å²) in [6, 6.07) is 2.80. The monoisotopic (exact) mass is 245 g/mol.